The van der Waals surface area contributed by atoms with Crippen LogP contribution in [-0.2, 0) is 4.74 Å². The average Bonchev–Trinajstić information content (AvgIpc) is 3.41. The lowest BCUT2D eigenvalue weighted by Crippen LogP contribution is -2.46. The summed E-state index contributed by atoms with van der Waals surface area (Å²) in [5, 5.41) is 4.69. The number of halogens is 1. The number of carbonyl (C=O) groups excluding carboxylic acids is 1. The number of benzene rings is 3. The van der Waals surface area contributed by atoms with Gasteiger partial charge in [-0.2, -0.15) is 5.10 Å². The molecule has 1 fully saturated rings. The summed E-state index contributed by atoms with van der Waals surface area (Å²) in [5.74, 6) is 0.939. The van der Waals surface area contributed by atoms with Gasteiger partial charge < -0.3 is 9.64 Å². The standard InChI is InChI=1S/C32H36IN5O2/c1-26-25-31(38(34-26)29-15-9-4-10-16-29)37(33)32(39)36(20-19-35-21-23-40-24-22-35)18-17-30(27-11-5-2-6-12-27)28-13-7-3-8-14-28/h2-16,25,30H,17-24H2,1H3. The lowest BCUT2D eigenvalue weighted by atomic mass is 9.88. The Kier molecular flexibility index (Phi) is 9.85. The van der Waals surface area contributed by atoms with Crippen LogP contribution in [0.3, 0.4) is 0 Å². The van der Waals surface area contributed by atoms with Gasteiger partial charge in [0.25, 0.3) is 0 Å². The van der Waals surface area contributed by atoms with Crippen LogP contribution in [0.15, 0.2) is 97.1 Å². The molecule has 1 saturated heterocycles. The highest BCUT2D eigenvalue weighted by atomic mass is 127. The molecule has 4 aromatic rings. The Hall–Kier alpha value is -3.21. The molecule has 0 aliphatic carbocycles. The van der Waals surface area contributed by atoms with Gasteiger partial charge in [-0.3, -0.25) is 4.90 Å². The summed E-state index contributed by atoms with van der Waals surface area (Å²) in [6.45, 7) is 7.33. The van der Waals surface area contributed by atoms with E-state index in [0.29, 0.717) is 13.1 Å². The van der Waals surface area contributed by atoms with Gasteiger partial charge in [0.1, 0.15) is 5.82 Å². The van der Waals surface area contributed by atoms with Crippen LogP contribution in [0.5, 0.6) is 0 Å². The number of morpholine rings is 1. The van der Waals surface area contributed by atoms with E-state index >= 15 is 0 Å². The lowest BCUT2D eigenvalue weighted by Gasteiger charge is -2.32. The minimum absolute atomic E-state index is 0.0363. The van der Waals surface area contributed by atoms with E-state index in [1.807, 2.05) is 52.9 Å². The predicted molar refractivity (Wildman–Crippen MR) is 168 cm³/mol. The Morgan fingerprint density at radius 1 is 0.900 bits per heavy atom. The van der Waals surface area contributed by atoms with Crippen molar-refractivity contribution >= 4 is 34.7 Å². The third-order valence-electron chi connectivity index (χ3n) is 7.33. The highest BCUT2D eigenvalue weighted by Crippen LogP contribution is 2.30. The van der Waals surface area contributed by atoms with Crippen LogP contribution in [0.4, 0.5) is 10.6 Å². The van der Waals surface area contributed by atoms with Crippen LogP contribution in [0.2, 0.25) is 0 Å². The predicted octanol–water partition coefficient (Wildman–Crippen LogP) is 6.31. The van der Waals surface area contributed by atoms with E-state index in [9.17, 15) is 4.79 Å². The summed E-state index contributed by atoms with van der Waals surface area (Å²) in [4.78, 5) is 18.5. The number of urea groups is 1. The Morgan fingerprint density at radius 2 is 1.48 bits per heavy atom. The summed E-state index contributed by atoms with van der Waals surface area (Å²) in [7, 11) is 0. The number of anilines is 1. The second-order valence-electron chi connectivity index (χ2n) is 10.1. The summed E-state index contributed by atoms with van der Waals surface area (Å²) < 4.78 is 9.10. The molecular weight excluding hydrogens is 613 g/mol. The number of hydrogen-bond donors (Lipinski definition) is 0. The first-order chi connectivity index (χ1) is 19.6. The van der Waals surface area contributed by atoms with Gasteiger partial charge in [0.2, 0.25) is 0 Å². The first-order valence-electron chi connectivity index (χ1n) is 13.9. The summed E-state index contributed by atoms with van der Waals surface area (Å²) in [5.41, 5.74) is 4.31. The number of para-hydroxylation sites is 1. The SMILES string of the molecule is Cc1cc(N(I)C(=O)N(CCC(c2ccccc2)c2ccccc2)CCN2CCOCC2)n(-c2ccccc2)n1. The normalized spacial score (nSPS) is 13.9. The van der Waals surface area contributed by atoms with Crippen LogP contribution >= 0.6 is 22.9 Å². The third-order valence-corrected chi connectivity index (χ3v) is 8.24. The minimum atomic E-state index is -0.0363. The second-order valence-corrected chi connectivity index (χ2v) is 11.0. The van der Waals surface area contributed by atoms with Gasteiger partial charge >= 0.3 is 6.03 Å². The van der Waals surface area contributed by atoms with Crippen molar-refractivity contribution in [1.82, 2.24) is 19.6 Å². The highest BCUT2D eigenvalue weighted by Gasteiger charge is 2.26. The van der Waals surface area contributed by atoms with Crippen molar-refractivity contribution < 1.29 is 9.53 Å². The van der Waals surface area contributed by atoms with Crippen LogP contribution in [-0.4, -0.2) is 71.5 Å². The maximum Gasteiger partial charge on any atom is 0.334 e. The van der Waals surface area contributed by atoms with Gasteiger partial charge in [-0.05, 0) is 36.6 Å². The molecule has 0 bridgehead atoms. The van der Waals surface area contributed by atoms with Crippen molar-refractivity contribution in [1.29, 1.82) is 0 Å². The molecule has 0 radical (unpaired) electrons. The molecule has 0 N–H and O–H groups in total. The number of amides is 2. The zero-order valence-electron chi connectivity index (χ0n) is 22.9. The molecule has 0 spiro atoms. The summed E-state index contributed by atoms with van der Waals surface area (Å²) in [6.07, 6.45) is 0.824. The molecule has 8 heteroatoms. The largest absolute Gasteiger partial charge is 0.379 e. The van der Waals surface area contributed by atoms with Crippen LogP contribution in [0.1, 0.15) is 29.2 Å². The molecule has 5 rings (SSSR count). The Morgan fingerprint density at radius 3 is 2.08 bits per heavy atom. The van der Waals surface area contributed by atoms with E-state index in [0.717, 1.165) is 56.5 Å². The van der Waals surface area contributed by atoms with Gasteiger partial charge in [0.05, 0.1) is 47.5 Å². The van der Waals surface area contributed by atoms with E-state index in [-0.39, 0.29) is 11.9 Å². The molecule has 1 aliphatic heterocycles. The summed E-state index contributed by atoms with van der Waals surface area (Å²) >= 11 is 2.14. The number of aromatic nitrogens is 2. The summed E-state index contributed by atoms with van der Waals surface area (Å²) in [6, 6.07) is 33.1. The topological polar surface area (TPSA) is 53.8 Å². The monoisotopic (exact) mass is 649 g/mol. The molecule has 0 atom stereocenters. The van der Waals surface area contributed by atoms with E-state index in [2.05, 4.69) is 88.4 Å². The maximum atomic E-state index is 14.2. The fourth-order valence-electron chi connectivity index (χ4n) is 5.18. The van der Waals surface area contributed by atoms with Gasteiger partial charge in [0, 0.05) is 44.7 Å². The van der Waals surface area contributed by atoms with Gasteiger partial charge in [-0.15, -0.1) is 0 Å². The van der Waals surface area contributed by atoms with E-state index in [4.69, 9.17) is 9.84 Å². The fraction of sp³-hybridized carbons (Fsp3) is 0.312. The molecule has 0 saturated carbocycles. The molecule has 208 valence electrons. The second kappa shape index (κ2) is 13.9. The Labute approximate surface area is 250 Å². The van der Waals surface area contributed by atoms with E-state index < -0.39 is 0 Å². The Balaban J connectivity index is 1.39. The first kappa shape index (κ1) is 28.3. The van der Waals surface area contributed by atoms with Gasteiger partial charge in [-0.25, -0.2) is 12.6 Å². The van der Waals surface area contributed by atoms with Crippen molar-refractivity contribution in [3.63, 3.8) is 0 Å². The zero-order valence-corrected chi connectivity index (χ0v) is 25.1. The van der Waals surface area contributed by atoms with Crippen molar-refractivity contribution in [2.45, 2.75) is 19.3 Å². The van der Waals surface area contributed by atoms with Crippen molar-refractivity contribution in [2.75, 3.05) is 49.1 Å². The molecule has 2 amide bonds. The Bertz CT molecular complexity index is 1300. The zero-order chi connectivity index (χ0) is 27.7. The molecular formula is C32H36IN5O2. The van der Waals surface area contributed by atoms with Crippen molar-refractivity contribution in [3.05, 3.63) is 114 Å². The molecule has 40 heavy (non-hydrogen) atoms. The fourth-order valence-corrected chi connectivity index (χ4v) is 5.83. The minimum Gasteiger partial charge on any atom is -0.379 e. The first-order valence-corrected chi connectivity index (χ1v) is 14.8. The number of hydrogen-bond acceptors (Lipinski definition) is 4. The number of aryl methyl sites for hydroxylation is 1. The van der Waals surface area contributed by atoms with Crippen molar-refractivity contribution in [2.24, 2.45) is 0 Å². The molecule has 2 heterocycles. The number of carbonyl (C=O) groups is 1. The molecule has 3 aromatic carbocycles. The molecule has 7 nitrogen and oxygen atoms in total. The van der Waals surface area contributed by atoms with Gasteiger partial charge in [0.15, 0.2) is 0 Å². The average molecular weight is 650 g/mol. The number of ether oxygens (including phenoxy) is 1. The lowest BCUT2D eigenvalue weighted by molar-refractivity contribution is 0.0350. The van der Waals surface area contributed by atoms with E-state index in [1.54, 1.807) is 3.11 Å². The molecule has 1 aliphatic rings. The molecule has 0 unspecified atom stereocenters. The van der Waals surface area contributed by atoms with Crippen LogP contribution < -0.4 is 3.11 Å². The smallest absolute Gasteiger partial charge is 0.334 e. The quantitative estimate of drug-likeness (QED) is 0.149. The van der Waals surface area contributed by atoms with Crippen LogP contribution in [0, 0.1) is 6.92 Å². The van der Waals surface area contributed by atoms with Gasteiger partial charge in [-0.1, -0.05) is 78.9 Å². The third kappa shape index (κ3) is 7.10. The number of rotatable bonds is 10. The highest BCUT2D eigenvalue weighted by molar-refractivity contribution is 14.1. The van der Waals surface area contributed by atoms with Crippen LogP contribution in [0.25, 0.3) is 5.69 Å². The van der Waals surface area contributed by atoms with E-state index in [1.165, 1.54) is 11.1 Å². The maximum absolute atomic E-state index is 14.2. The number of nitrogens with zero attached hydrogens (tertiary/aromatic N) is 5. The molecule has 1 aromatic heterocycles. The van der Waals surface area contributed by atoms with Crippen molar-refractivity contribution in [3.8, 4) is 5.69 Å².